The van der Waals surface area contributed by atoms with Gasteiger partial charge >= 0.3 is 0 Å². The molecule has 4 nitrogen and oxygen atoms in total. The van der Waals surface area contributed by atoms with E-state index < -0.39 is 11.6 Å². The van der Waals surface area contributed by atoms with Crippen LogP contribution in [0.3, 0.4) is 0 Å². The van der Waals surface area contributed by atoms with Gasteiger partial charge in [0.25, 0.3) is 5.91 Å². The van der Waals surface area contributed by atoms with E-state index in [4.69, 9.17) is 5.73 Å². The van der Waals surface area contributed by atoms with Gasteiger partial charge in [0.1, 0.15) is 11.6 Å². The van der Waals surface area contributed by atoms with E-state index in [2.05, 4.69) is 4.98 Å². The molecule has 126 valence electrons. The van der Waals surface area contributed by atoms with E-state index in [1.807, 2.05) is 6.92 Å². The highest BCUT2D eigenvalue weighted by atomic mass is 19.1. The van der Waals surface area contributed by atoms with Crippen LogP contribution in [-0.4, -0.2) is 22.3 Å². The molecule has 0 atom stereocenters. The lowest BCUT2D eigenvalue weighted by Crippen LogP contribution is -2.23. The van der Waals surface area contributed by atoms with Crippen LogP contribution in [0.1, 0.15) is 23.0 Å². The van der Waals surface area contributed by atoms with Crippen molar-refractivity contribution < 1.29 is 13.6 Å². The number of nitrogens with zero attached hydrogens (tertiary/aromatic N) is 2. The fourth-order valence-corrected chi connectivity index (χ4v) is 3.32. The summed E-state index contributed by atoms with van der Waals surface area (Å²) in [6, 6.07) is 8.66. The average Bonchev–Trinajstić information content (AvgIpc) is 2.92. The van der Waals surface area contributed by atoms with Gasteiger partial charge in [-0.2, -0.15) is 0 Å². The van der Waals surface area contributed by atoms with Gasteiger partial charge in [-0.3, -0.25) is 4.79 Å². The van der Waals surface area contributed by atoms with Crippen LogP contribution in [0.15, 0.2) is 36.4 Å². The number of hydrogen-bond acceptors (Lipinski definition) is 3. The fourth-order valence-electron chi connectivity index (χ4n) is 3.32. The second kappa shape index (κ2) is 5.51. The molecule has 0 fully saturated rings. The number of halogens is 2. The number of rotatable bonds is 2. The highest BCUT2D eigenvalue weighted by Gasteiger charge is 2.32. The zero-order valence-electron chi connectivity index (χ0n) is 13.5. The van der Waals surface area contributed by atoms with Crippen LogP contribution in [0.25, 0.3) is 22.0 Å². The van der Waals surface area contributed by atoms with E-state index >= 15 is 0 Å². The molecule has 6 heteroatoms. The molecule has 0 unspecified atom stereocenters. The van der Waals surface area contributed by atoms with Gasteiger partial charge in [0.15, 0.2) is 0 Å². The molecule has 0 bridgehead atoms. The molecule has 2 N–H and O–H groups in total. The SMILES string of the molecule is CCN1Cc2nc3c(-c4ccccc4F)c(F)ccc3c(N)c2C1=O. The summed E-state index contributed by atoms with van der Waals surface area (Å²) in [6.45, 7) is 2.71. The zero-order valence-corrected chi connectivity index (χ0v) is 13.5. The quantitative estimate of drug-likeness (QED) is 0.774. The van der Waals surface area contributed by atoms with Gasteiger partial charge in [-0.25, -0.2) is 13.8 Å². The maximum atomic E-state index is 14.6. The first-order valence-corrected chi connectivity index (χ1v) is 7.97. The maximum absolute atomic E-state index is 14.6. The van der Waals surface area contributed by atoms with Gasteiger partial charge < -0.3 is 10.6 Å². The Labute approximate surface area is 142 Å². The number of carbonyl (C=O) groups is 1. The third-order valence-electron chi connectivity index (χ3n) is 4.59. The zero-order chi connectivity index (χ0) is 17.7. The Bertz CT molecular complexity index is 1030. The Hall–Kier alpha value is -3.02. The van der Waals surface area contributed by atoms with E-state index in [0.717, 1.165) is 0 Å². The van der Waals surface area contributed by atoms with Crippen molar-refractivity contribution in [3.63, 3.8) is 0 Å². The molecule has 1 aliphatic rings. The molecule has 0 radical (unpaired) electrons. The summed E-state index contributed by atoms with van der Waals surface area (Å²) < 4.78 is 28.8. The Morgan fingerprint density at radius 3 is 2.60 bits per heavy atom. The van der Waals surface area contributed by atoms with Gasteiger partial charge in [-0.05, 0) is 25.1 Å². The first kappa shape index (κ1) is 15.5. The van der Waals surface area contributed by atoms with Gasteiger partial charge in [0.2, 0.25) is 0 Å². The van der Waals surface area contributed by atoms with Crippen molar-refractivity contribution >= 4 is 22.5 Å². The molecule has 0 saturated heterocycles. The molecule has 3 aromatic rings. The predicted octanol–water partition coefficient (Wildman–Crippen LogP) is 3.74. The highest BCUT2D eigenvalue weighted by molar-refractivity contribution is 6.11. The Morgan fingerprint density at radius 1 is 1.12 bits per heavy atom. The van der Waals surface area contributed by atoms with Crippen molar-refractivity contribution in [3.05, 3.63) is 59.3 Å². The lowest BCUT2D eigenvalue weighted by molar-refractivity contribution is 0.0787. The summed E-state index contributed by atoms with van der Waals surface area (Å²) in [5.74, 6) is -1.30. The molecular weight excluding hydrogens is 324 g/mol. The third-order valence-corrected chi connectivity index (χ3v) is 4.59. The molecule has 1 amide bonds. The maximum Gasteiger partial charge on any atom is 0.258 e. The number of hydrogen-bond donors (Lipinski definition) is 1. The summed E-state index contributed by atoms with van der Waals surface area (Å²) in [4.78, 5) is 18.6. The summed E-state index contributed by atoms with van der Waals surface area (Å²) in [7, 11) is 0. The monoisotopic (exact) mass is 339 g/mol. The predicted molar refractivity (Wildman–Crippen MR) is 91.9 cm³/mol. The molecule has 2 aromatic carbocycles. The van der Waals surface area contributed by atoms with Crippen molar-refractivity contribution in [2.24, 2.45) is 0 Å². The van der Waals surface area contributed by atoms with Gasteiger partial charge in [-0.1, -0.05) is 18.2 Å². The first-order valence-electron chi connectivity index (χ1n) is 7.97. The normalized spacial score (nSPS) is 13.6. The summed E-state index contributed by atoms with van der Waals surface area (Å²) in [5.41, 5.74) is 7.79. The molecular formula is C19H15F2N3O. The Morgan fingerprint density at radius 2 is 1.88 bits per heavy atom. The number of nitrogen functional groups attached to an aromatic ring is 1. The third kappa shape index (κ3) is 2.17. The van der Waals surface area contributed by atoms with Crippen molar-refractivity contribution in [2.45, 2.75) is 13.5 Å². The molecule has 0 saturated carbocycles. The lowest BCUT2D eigenvalue weighted by Gasteiger charge is -2.12. The van der Waals surface area contributed by atoms with Crippen molar-refractivity contribution in [1.29, 1.82) is 0 Å². The molecule has 2 heterocycles. The topological polar surface area (TPSA) is 59.2 Å². The van der Waals surface area contributed by atoms with Crippen LogP contribution in [0, 0.1) is 11.6 Å². The molecule has 4 rings (SSSR count). The molecule has 25 heavy (non-hydrogen) atoms. The summed E-state index contributed by atoms with van der Waals surface area (Å²) >= 11 is 0. The molecule has 0 aliphatic carbocycles. The van der Waals surface area contributed by atoms with Crippen LogP contribution >= 0.6 is 0 Å². The number of fused-ring (bicyclic) bond motifs is 2. The van der Waals surface area contributed by atoms with E-state index in [9.17, 15) is 13.6 Å². The smallest absolute Gasteiger partial charge is 0.258 e. The highest BCUT2D eigenvalue weighted by Crippen LogP contribution is 2.38. The summed E-state index contributed by atoms with van der Waals surface area (Å²) in [6.07, 6.45) is 0. The first-order chi connectivity index (χ1) is 12.0. The largest absolute Gasteiger partial charge is 0.397 e. The van der Waals surface area contributed by atoms with E-state index in [1.54, 1.807) is 17.0 Å². The van der Waals surface area contributed by atoms with Gasteiger partial charge in [-0.15, -0.1) is 0 Å². The minimum absolute atomic E-state index is 0.0625. The minimum atomic E-state index is -0.582. The number of pyridine rings is 1. The fraction of sp³-hybridized carbons (Fsp3) is 0.158. The molecule has 1 aliphatic heterocycles. The van der Waals surface area contributed by atoms with Crippen LogP contribution in [0.5, 0.6) is 0 Å². The van der Waals surface area contributed by atoms with E-state index in [0.29, 0.717) is 29.7 Å². The average molecular weight is 339 g/mol. The van der Waals surface area contributed by atoms with Crippen LogP contribution in [-0.2, 0) is 6.54 Å². The second-order valence-electron chi connectivity index (χ2n) is 5.96. The van der Waals surface area contributed by atoms with Gasteiger partial charge in [0.05, 0.1) is 29.0 Å². The lowest BCUT2D eigenvalue weighted by atomic mass is 9.98. The van der Waals surface area contributed by atoms with Crippen molar-refractivity contribution in [2.75, 3.05) is 12.3 Å². The Balaban J connectivity index is 2.07. The van der Waals surface area contributed by atoms with Crippen LogP contribution in [0.2, 0.25) is 0 Å². The molecule has 0 spiro atoms. The second-order valence-corrected chi connectivity index (χ2v) is 5.96. The number of carbonyl (C=O) groups excluding carboxylic acids is 1. The number of aromatic nitrogens is 1. The number of anilines is 1. The number of amides is 1. The van der Waals surface area contributed by atoms with Crippen LogP contribution in [0.4, 0.5) is 14.5 Å². The van der Waals surface area contributed by atoms with E-state index in [-0.39, 0.29) is 28.2 Å². The summed E-state index contributed by atoms with van der Waals surface area (Å²) in [5, 5.41) is 0.449. The number of benzene rings is 2. The minimum Gasteiger partial charge on any atom is -0.397 e. The Kier molecular flexibility index (Phi) is 3.42. The van der Waals surface area contributed by atoms with Crippen molar-refractivity contribution in [1.82, 2.24) is 9.88 Å². The standard InChI is InChI=1S/C19H15F2N3O/c1-2-24-9-14-16(19(24)25)17(22)11-7-8-13(21)15(18(11)23-14)10-5-3-4-6-12(10)20/h3-8H,2,9H2,1H3,(H2,22,23). The van der Waals surface area contributed by atoms with Gasteiger partial charge in [0, 0.05) is 23.1 Å². The van der Waals surface area contributed by atoms with E-state index in [1.165, 1.54) is 24.3 Å². The van der Waals surface area contributed by atoms with Crippen molar-refractivity contribution in [3.8, 4) is 11.1 Å². The number of nitrogens with two attached hydrogens (primary N) is 1. The van der Waals surface area contributed by atoms with Crippen LogP contribution < -0.4 is 5.73 Å². The molecule has 1 aromatic heterocycles.